The summed E-state index contributed by atoms with van der Waals surface area (Å²) in [5.41, 5.74) is 5.37. The highest BCUT2D eigenvalue weighted by Gasteiger charge is 2.51. The fourth-order valence-corrected chi connectivity index (χ4v) is 5.91. The summed E-state index contributed by atoms with van der Waals surface area (Å²) in [6.45, 7) is 4.33. The Morgan fingerprint density at radius 2 is 1.94 bits per heavy atom. The molecule has 1 spiro atoms. The van der Waals surface area contributed by atoms with Gasteiger partial charge in [0.15, 0.2) is 0 Å². The van der Waals surface area contributed by atoms with E-state index in [1.807, 2.05) is 35.8 Å². The molecule has 1 N–H and O–H groups in total. The summed E-state index contributed by atoms with van der Waals surface area (Å²) in [6, 6.07) is 2.02. The van der Waals surface area contributed by atoms with Crippen LogP contribution >= 0.6 is 0 Å². The zero-order chi connectivity index (χ0) is 22.5. The van der Waals surface area contributed by atoms with Crippen LogP contribution in [0.4, 0.5) is 5.69 Å². The maximum atomic E-state index is 14.0. The Bertz CT molecular complexity index is 1240. The number of fused-ring (bicyclic) bond motifs is 3. The number of pyridine rings is 1. The second-order valence-corrected chi connectivity index (χ2v) is 9.41. The zero-order valence-corrected chi connectivity index (χ0v) is 18.7. The first kappa shape index (κ1) is 20.2. The number of amides is 1. The Morgan fingerprint density at radius 1 is 1.12 bits per heavy atom. The van der Waals surface area contributed by atoms with Crippen LogP contribution in [0.3, 0.4) is 0 Å². The highest BCUT2D eigenvalue weighted by Crippen LogP contribution is 2.51. The zero-order valence-electron chi connectivity index (χ0n) is 18.7. The van der Waals surface area contributed by atoms with Gasteiger partial charge in [0.05, 0.1) is 29.5 Å². The van der Waals surface area contributed by atoms with Crippen molar-refractivity contribution >= 4 is 23.4 Å². The lowest BCUT2D eigenvalue weighted by atomic mass is 9.67. The third-order valence-electron chi connectivity index (χ3n) is 7.65. The number of carbonyl (C=O) groups excluding carboxylic acids is 1. The van der Waals surface area contributed by atoms with Crippen molar-refractivity contribution in [3.63, 3.8) is 0 Å². The van der Waals surface area contributed by atoms with E-state index in [1.54, 1.807) is 12.5 Å². The van der Waals surface area contributed by atoms with Crippen LogP contribution in [0.25, 0.3) is 5.57 Å². The van der Waals surface area contributed by atoms with Crippen LogP contribution in [0, 0.1) is 5.41 Å². The molecule has 1 unspecified atom stereocenters. The first-order valence-electron chi connectivity index (χ1n) is 11.5. The van der Waals surface area contributed by atoms with Crippen LogP contribution in [-0.2, 0) is 10.2 Å². The number of piperidine rings is 1. The molecule has 5 heterocycles. The summed E-state index contributed by atoms with van der Waals surface area (Å²) in [7, 11) is 0. The molecule has 7 nitrogen and oxygen atoms in total. The molecule has 6 rings (SSSR count). The largest absolute Gasteiger partial charge is 0.317 e. The van der Waals surface area contributed by atoms with Crippen molar-refractivity contribution in [3.05, 3.63) is 77.8 Å². The third kappa shape index (κ3) is 2.95. The molecular weight excluding hydrogens is 412 g/mol. The van der Waals surface area contributed by atoms with Crippen molar-refractivity contribution in [2.75, 3.05) is 24.5 Å². The molecule has 166 valence electrons. The van der Waals surface area contributed by atoms with Crippen LogP contribution in [0.5, 0.6) is 0 Å². The maximum absolute atomic E-state index is 14.0. The number of aliphatic imine (C=N–C) groups is 1. The number of nitrogens with one attached hydrogen (secondary N) is 1. The van der Waals surface area contributed by atoms with Gasteiger partial charge in [0.25, 0.3) is 0 Å². The van der Waals surface area contributed by atoms with Crippen LogP contribution < -0.4 is 10.2 Å². The lowest BCUT2D eigenvalue weighted by Gasteiger charge is -2.39. The molecule has 2 aromatic rings. The Balaban J connectivity index is 1.48. The van der Waals surface area contributed by atoms with Gasteiger partial charge in [-0.15, -0.1) is 0 Å². The highest BCUT2D eigenvalue weighted by molar-refractivity contribution is 6.09. The fourth-order valence-electron chi connectivity index (χ4n) is 5.91. The van der Waals surface area contributed by atoms with Crippen molar-refractivity contribution in [3.8, 4) is 0 Å². The van der Waals surface area contributed by atoms with Gasteiger partial charge in [-0.1, -0.05) is 25.2 Å². The summed E-state index contributed by atoms with van der Waals surface area (Å²) < 4.78 is 0. The van der Waals surface area contributed by atoms with Crippen molar-refractivity contribution in [2.45, 2.75) is 31.6 Å². The van der Waals surface area contributed by atoms with Gasteiger partial charge in [0, 0.05) is 35.8 Å². The molecule has 0 saturated carbocycles. The van der Waals surface area contributed by atoms with E-state index in [0.29, 0.717) is 6.54 Å². The molecule has 1 amide bonds. The minimum absolute atomic E-state index is 0.161. The summed E-state index contributed by atoms with van der Waals surface area (Å²) in [4.78, 5) is 33.7. The van der Waals surface area contributed by atoms with E-state index < -0.39 is 5.41 Å². The first-order valence-corrected chi connectivity index (χ1v) is 11.5. The molecule has 1 fully saturated rings. The molecule has 2 aromatic heterocycles. The number of hydrogen-bond donors (Lipinski definition) is 1. The van der Waals surface area contributed by atoms with E-state index in [-0.39, 0.29) is 11.3 Å². The van der Waals surface area contributed by atoms with Gasteiger partial charge in [-0.25, -0.2) is 9.97 Å². The quantitative estimate of drug-likeness (QED) is 0.796. The molecule has 0 bridgehead atoms. The van der Waals surface area contributed by atoms with E-state index in [9.17, 15) is 4.79 Å². The van der Waals surface area contributed by atoms with Gasteiger partial charge in [-0.3, -0.25) is 14.8 Å². The Morgan fingerprint density at radius 3 is 2.76 bits per heavy atom. The maximum Gasteiger partial charge on any atom is 0.238 e. The number of hydrogen-bond acceptors (Lipinski definition) is 6. The minimum atomic E-state index is -0.471. The molecule has 1 saturated heterocycles. The van der Waals surface area contributed by atoms with Crippen molar-refractivity contribution in [2.24, 2.45) is 10.4 Å². The number of allylic oxidation sites excluding steroid dienone is 5. The first-order chi connectivity index (χ1) is 16.1. The van der Waals surface area contributed by atoms with E-state index in [4.69, 9.17) is 4.99 Å². The van der Waals surface area contributed by atoms with E-state index in [0.717, 1.165) is 66.0 Å². The smallest absolute Gasteiger partial charge is 0.238 e. The SMILES string of the molecule is CC12CC=CC=C1C=NC(CN1C(=O)C3(CCNCC3)c3ccncc31)=C2c1cncnc1. The number of nitrogens with zero attached hydrogens (tertiary/aromatic N) is 5. The summed E-state index contributed by atoms with van der Waals surface area (Å²) in [6.07, 6.45) is 19.7. The van der Waals surface area contributed by atoms with Crippen molar-refractivity contribution in [1.29, 1.82) is 0 Å². The van der Waals surface area contributed by atoms with Gasteiger partial charge in [-0.2, -0.15) is 0 Å². The molecule has 7 heteroatoms. The van der Waals surface area contributed by atoms with Gasteiger partial charge in [0.1, 0.15) is 6.33 Å². The number of anilines is 1. The van der Waals surface area contributed by atoms with Crippen LogP contribution in [0.15, 0.2) is 71.7 Å². The van der Waals surface area contributed by atoms with Crippen LogP contribution in [0.2, 0.25) is 0 Å². The summed E-state index contributed by atoms with van der Waals surface area (Å²) in [5, 5.41) is 3.40. The number of rotatable bonds is 3. The molecule has 4 aliphatic rings. The Labute approximate surface area is 193 Å². The second kappa shape index (κ2) is 7.56. The molecule has 0 radical (unpaired) electrons. The van der Waals surface area contributed by atoms with Crippen molar-refractivity contribution < 1.29 is 4.79 Å². The summed E-state index contributed by atoms with van der Waals surface area (Å²) >= 11 is 0. The lowest BCUT2D eigenvalue weighted by Crippen LogP contribution is -2.47. The lowest BCUT2D eigenvalue weighted by molar-refractivity contribution is -0.124. The Hall–Kier alpha value is -3.45. The molecule has 1 atom stereocenters. The van der Waals surface area contributed by atoms with Gasteiger partial charge >= 0.3 is 0 Å². The van der Waals surface area contributed by atoms with Crippen LogP contribution in [0.1, 0.15) is 37.3 Å². The third-order valence-corrected chi connectivity index (χ3v) is 7.65. The van der Waals surface area contributed by atoms with Crippen LogP contribution in [-0.4, -0.2) is 46.7 Å². The fraction of sp³-hybridized carbons (Fsp3) is 0.346. The molecule has 33 heavy (non-hydrogen) atoms. The van der Waals surface area contributed by atoms with Gasteiger partial charge in [0.2, 0.25) is 5.91 Å². The molecule has 0 aromatic carbocycles. The normalized spacial score (nSPS) is 25.3. The monoisotopic (exact) mass is 438 g/mol. The van der Waals surface area contributed by atoms with E-state index in [1.165, 1.54) is 0 Å². The molecular formula is C26H26N6O. The molecule has 3 aliphatic heterocycles. The topological polar surface area (TPSA) is 83.4 Å². The average molecular weight is 439 g/mol. The summed E-state index contributed by atoms with van der Waals surface area (Å²) in [5.74, 6) is 0.161. The van der Waals surface area contributed by atoms with E-state index in [2.05, 4.69) is 45.4 Å². The van der Waals surface area contributed by atoms with E-state index >= 15 is 0 Å². The Kier molecular flexibility index (Phi) is 4.62. The average Bonchev–Trinajstić information content (AvgIpc) is 3.07. The number of carbonyl (C=O) groups is 1. The number of aromatic nitrogens is 3. The predicted octanol–water partition coefficient (Wildman–Crippen LogP) is 3.23. The molecule has 1 aliphatic carbocycles. The van der Waals surface area contributed by atoms with Gasteiger partial charge < -0.3 is 10.2 Å². The predicted molar refractivity (Wildman–Crippen MR) is 128 cm³/mol. The second-order valence-electron chi connectivity index (χ2n) is 9.41. The van der Waals surface area contributed by atoms with Crippen molar-refractivity contribution in [1.82, 2.24) is 20.3 Å². The van der Waals surface area contributed by atoms with Gasteiger partial charge in [-0.05, 0) is 55.1 Å². The standard InChI is InChI=1S/C26H26N6O/c1-25-6-3-2-4-19(25)14-31-21(23(25)18-12-29-17-30-13-18)16-32-22-15-28-9-5-20(22)26(24(32)33)7-10-27-11-8-26/h2-5,9,12-15,17,27H,6-8,10-11,16H2,1H3. The minimum Gasteiger partial charge on any atom is -0.317 e. The highest BCUT2D eigenvalue weighted by atomic mass is 16.2.